The van der Waals surface area contributed by atoms with Crippen molar-refractivity contribution < 1.29 is 9.18 Å². The van der Waals surface area contributed by atoms with E-state index >= 15 is 0 Å². The van der Waals surface area contributed by atoms with Crippen molar-refractivity contribution in [3.63, 3.8) is 0 Å². The van der Waals surface area contributed by atoms with Gasteiger partial charge in [0, 0.05) is 25.2 Å². The van der Waals surface area contributed by atoms with E-state index in [1.54, 1.807) is 23.1 Å². The monoisotopic (exact) mass is 302 g/mol. The van der Waals surface area contributed by atoms with E-state index in [2.05, 4.69) is 22.1 Å². The third-order valence-corrected chi connectivity index (χ3v) is 4.18. The minimum atomic E-state index is -0.291. The maximum Gasteiger partial charge on any atom is 0.271 e. The van der Waals surface area contributed by atoms with Crippen molar-refractivity contribution in [2.45, 2.75) is 12.5 Å². The van der Waals surface area contributed by atoms with Crippen molar-refractivity contribution in [2.75, 3.05) is 27.2 Å². The van der Waals surface area contributed by atoms with Crippen molar-refractivity contribution in [1.82, 2.24) is 20.0 Å². The van der Waals surface area contributed by atoms with Crippen LogP contribution in [0.2, 0.25) is 0 Å². The second-order valence-corrected chi connectivity index (χ2v) is 5.79. The zero-order valence-corrected chi connectivity index (χ0v) is 12.7. The molecule has 1 amide bonds. The van der Waals surface area contributed by atoms with E-state index in [4.69, 9.17) is 0 Å². The molecule has 0 spiro atoms. The number of benzene rings is 1. The van der Waals surface area contributed by atoms with Gasteiger partial charge in [-0.25, -0.2) is 4.39 Å². The summed E-state index contributed by atoms with van der Waals surface area (Å²) in [7, 11) is 3.88. The zero-order valence-electron chi connectivity index (χ0n) is 12.7. The predicted molar refractivity (Wildman–Crippen MR) is 82.0 cm³/mol. The molecule has 2 heterocycles. The van der Waals surface area contributed by atoms with Crippen LogP contribution in [-0.4, -0.2) is 59.1 Å². The molecule has 116 valence electrons. The minimum absolute atomic E-state index is 0.0684. The van der Waals surface area contributed by atoms with Crippen molar-refractivity contribution in [3.8, 4) is 11.3 Å². The number of nitrogens with zero attached hydrogens (tertiary/aromatic N) is 3. The highest BCUT2D eigenvalue weighted by Gasteiger charge is 2.27. The maximum atomic E-state index is 13.0. The van der Waals surface area contributed by atoms with E-state index in [-0.39, 0.29) is 17.8 Å². The van der Waals surface area contributed by atoms with Gasteiger partial charge in [0.25, 0.3) is 5.91 Å². The van der Waals surface area contributed by atoms with Crippen molar-refractivity contribution in [2.24, 2.45) is 0 Å². The first-order valence-corrected chi connectivity index (χ1v) is 7.31. The van der Waals surface area contributed by atoms with Crippen LogP contribution in [0.5, 0.6) is 0 Å². The fourth-order valence-electron chi connectivity index (χ4n) is 2.78. The van der Waals surface area contributed by atoms with Crippen molar-refractivity contribution >= 4 is 5.91 Å². The van der Waals surface area contributed by atoms with Crippen LogP contribution in [0.3, 0.4) is 0 Å². The van der Waals surface area contributed by atoms with Crippen molar-refractivity contribution in [3.05, 3.63) is 41.8 Å². The maximum absolute atomic E-state index is 13.0. The summed E-state index contributed by atoms with van der Waals surface area (Å²) in [5.74, 6) is -0.359. The van der Waals surface area contributed by atoms with Gasteiger partial charge in [-0.1, -0.05) is 0 Å². The molecule has 1 aromatic heterocycles. The van der Waals surface area contributed by atoms with Gasteiger partial charge in [0.2, 0.25) is 0 Å². The van der Waals surface area contributed by atoms with Gasteiger partial charge >= 0.3 is 0 Å². The summed E-state index contributed by atoms with van der Waals surface area (Å²) in [5.41, 5.74) is 1.87. The van der Waals surface area contributed by atoms with Crippen LogP contribution in [0.4, 0.5) is 4.39 Å². The lowest BCUT2D eigenvalue weighted by Gasteiger charge is -2.23. The summed E-state index contributed by atoms with van der Waals surface area (Å²) in [5, 5.41) is 6.94. The Kier molecular flexibility index (Phi) is 3.94. The second kappa shape index (κ2) is 5.88. The number of H-pyrrole nitrogens is 1. The fourth-order valence-corrected chi connectivity index (χ4v) is 2.78. The Labute approximate surface area is 128 Å². The van der Waals surface area contributed by atoms with Gasteiger partial charge in [-0.05, 0) is 50.3 Å². The number of hydrogen-bond donors (Lipinski definition) is 1. The average molecular weight is 302 g/mol. The molecule has 6 heteroatoms. The molecule has 0 bridgehead atoms. The first-order valence-electron chi connectivity index (χ1n) is 7.31. The average Bonchev–Trinajstić information content (AvgIpc) is 3.15. The van der Waals surface area contributed by atoms with Crippen LogP contribution in [0, 0.1) is 5.82 Å². The third-order valence-electron chi connectivity index (χ3n) is 4.18. The number of nitrogens with one attached hydrogen (secondary N) is 1. The molecule has 1 N–H and O–H groups in total. The molecule has 22 heavy (non-hydrogen) atoms. The van der Waals surface area contributed by atoms with E-state index in [0.29, 0.717) is 11.4 Å². The number of rotatable bonds is 3. The van der Waals surface area contributed by atoms with Gasteiger partial charge in [-0.2, -0.15) is 5.10 Å². The third kappa shape index (κ3) is 2.87. The topological polar surface area (TPSA) is 52.2 Å². The van der Waals surface area contributed by atoms with Crippen LogP contribution in [0.25, 0.3) is 11.3 Å². The van der Waals surface area contributed by atoms with Gasteiger partial charge in [0.05, 0.1) is 5.69 Å². The van der Waals surface area contributed by atoms with Crippen LogP contribution >= 0.6 is 0 Å². The summed E-state index contributed by atoms with van der Waals surface area (Å²) in [4.78, 5) is 16.5. The molecule has 1 saturated heterocycles. The van der Waals surface area contributed by atoms with Gasteiger partial charge in [0.1, 0.15) is 11.5 Å². The molecule has 0 aliphatic carbocycles. The number of likely N-dealkylation sites (tertiary alicyclic amines) is 1. The molecule has 5 nitrogen and oxygen atoms in total. The molecule has 0 saturated carbocycles. The number of likely N-dealkylation sites (N-methyl/N-ethyl adjacent to an activating group) is 2. The minimum Gasteiger partial charge on any atom is -0.336 e. The molecule has 0 radical (unpaired) electrons. The van der Waals surface area contributed by atoms with Crippen LogP contribution in [0.1, 0.15) is 16.9 Å². The molecule has 1 aliphatic heterocycles. The SMILES string of the molecule is CN1CC[C@H](N(C)C(=O)c2cc(-c3ccc(F)cc3)n[nH]2)C1. The van der Waals surface area contributed by atoms with E-state index < -0.39 is 0 Å². The summed E-state index contributed by atoms with van der Waals surface area (Å²) < 4.78 is 13.0. The normalized spacial score (nSPS) is 18.6. The van der Waals surface area contributed by atoms with Gasteiger partial charge in [-0.3, -0.25) is 9.89 Å². The lowest BCUT2D eigenvalue weighted by Crippen LogP contribution is -2.38. The molecule has 2 aromatic rings. The Hall–Kier alpha value is -2.21. The molecule has 1 fully saturated rings. The van der Waals surface area contributed by atoms with Crippen molar-refractivity contribution in [1.29, 1.82) is 0 Å². The first kappa shape index (κ1) is 14.7. The highest BCUT2D eigenvalue weighted by molar-refractivity contribution is 5.93. The second-order valence-electron chi connectivity index (χ2n) is 5.79. The molecule has 0 unspecified atom stereocenters. The molecule has 1 aromatic carbocycles. The Morgan fingerprint density at radius 2 is 2.14 bits per heavy atom. The summed E-state index contributed by atoms with van der Waals surface area (Å²) >= 11 is 0. The number of aromatic amines is 1. The highest BCUT2D eigenvalue weighted by Crippen LogP contribution is 2.20. The first-order chi connectivity index (χ1) is 10.5. The number of carbonyl (C=O) groups is 1. The summed E-state index contributed by atoms with van der Waals surface area (Å²) in [6.07, 6.45) is 0.984. The quantitative estimate of drug-likeness (QED) is 0.943. The lowest BCUT2D eigenvalue weighted by atomic mass is 10.1. The van der Waals surface area contributed by atoms with Crippen LogP contribution in [0.15, 0.2) is 30.3 Å². The zero-order chi connectivity index (χ0) is 15.7. The number of aromatic nitrogens is 2. The number of carbonyl (C=O) groups excluding carboxylic acids is 1. The fraction of sp³-hybridized carbons (Fsp3) is 0.375. The van der Waals surface area contributed by atoms with Crippen LogP contribution < -0.4 is 0 Å². The standard InChI is InChI=1S/C16H19FN4O/c1-20-8-7-13(10-20)21(2)16(22)15-9-14(18-19-15)11-3-5-12(17)6-4-11/h3-6,9,13H,7-8,10H2,1-2H3,(H,18,19)/t13-/m0/s1. The largest absolute Gasteiger partial charge is 0.336 e. The molecule has 1 aliphatic rings. The Balaban J connectivity index is 1.75. The predicted octanol–water partition coefficient (Wildman–Crippen LogP) is 1.99. The Morgan fingerprint density at radius 3 is 2.77 bits per heavy atom. The molecule has 3 rings (SSSR count). The lowest BCUT2D eigenvalue weighted by molar-refractivity contribution is 0.0731. The van der Waals surface area contributed by atoms with E-state index in [0.717, 1.165) is 25.1 Å². The van der Waals surface area contributed by atoms with Gasteiger partial charge < -0.3 is 9.80 Å². The van der Waals surface area contributed by atoms with E-state index in [1.807, 2.05) is 7.05 Å². The molecular weight excluding hydrogens is 283 g/mol. The number of hydrogen-bond acceptors (Lipinski definition) is 3. The smallest absolute Gasteiger partial charge is 0.271 e. The van der Waals surface area contributed by atoms with Gasteiger partial charge in [0.15, 0.2) is 0 Å². The van der Waals surface area contributed by atoms with E-state index in [9.17, 15) is 9.18 Å². The molecular formula is C16H19FN4O. The van der Waals surface area contributed by atoms with E-state index in [1.165, 1.54) is 12.1 Å². The Morgan fingerprint density at radius 1 is 1.41 bits per heavy atom. The number of halogens is 1. The number of amides is 1. The van der Waals surface area contributed by atoms with Gasteiger partial charge in [-0.15, -0.1) is 0 Å². The summed E-state index contributed by atoms with van der Waals surface area (Å²) in [6.45, 7) is 1.90. The molecule has 1 atom stereocenters. The highest BCUT2D eigenvalue weighted by atomic mass is 19.1. The Bertz CT molecular complexity index is 667. The van der Waals surface area contributed by atoms with Crippen LogP contribution in [-0.2, 0) is 0 Å². The summed E-state index contributed by atoms with van der Waals surface area (Å²) in [6, 6.07) is 8.00.